The molecule has 18 nitrogen and oxygen atoms in total. The first kappa shape index (κ1) is 42.0. The fourth-order valence-corrected chi connectivity index (χ4v) is 6.34. The molecule has 0 saturated carbocycles. The topological polar surface area (TPSA) is 216 Å². The van der Waals surface area contributed by atoms with E-state index in [-0.39, 0.29) is 18.8 Å². The van der Waals surface area contributed by atoms with Crippen LogP contribution in [0.4, 0.5) is 4.79 Å². The van der Waals surface area contributed by atoms with Gasteiger partial charge in [-0.1, -0.05) is 48.5 Å². The number of amides is 1. The molecular formula is C38H45NO17. The van der Waals surface area contributed by atoms with Crippen LogP contribution in [0.15, 0.2) is 60.7 Å². The van der Waals surface area contributed by atoms with Gasteiger partial charge in [-0.3, -0.25) is 19.2 Å². The lowest BCUT2D eigenvalue weighted by Crippen LogP contribution is -2.71. The molecule has 1 amide bonds. The van der Waals surface area contributed by atoms with Gasteiger partial charge in [0.1, 0.15) is 43.7 Å². The highest BCUT2D eigenvalue weighted by Crippen LogP contribution is 2.38. The Morgan fingerprint density at radius 2 is 1.30 bits per heavy atom. The van der Waals surface area contributed by atoms with Crippen molar-refractivity contribution in [3.8, 4) is 0 Å². The summed E-state index contributed by atoms with van der Waals surface area (Å²) >= 11 is 0. The Bertz CT molecular complexity index is 1700. The molecule has 0 bridgehead atoms. The summed E-state index contributed by atoms with van der Waals surface area (Å²) in [5.41, 5.74) is 0.840. The highest BCUT2D eigenvalue weighted by Gasteiger charge is 2.58. The molecule has 0 spiro atoms. The van der Waals surface area contributed by atoms with Crippen molar-refractivity contribution in [2.45, 2.75) is 115 Å². The van der Waals surface area contributed by atoms with E-state index in [4.69, 9.17) is 52.1 Å². The zero-order valence-electron chi connectivity index (χ0n) is 31.6. The van der Waals surface area contributed by atoms with Gasteiger partial charge in [-0.25, -0.2) is 9.59 Å². The number of ether oxygens (including phenoxy) is 11. The summed E-state index contributed by atoms with van der Waals surface area (Å²) in [5, 5.41) is 2.68. The summed E-state index contributed by atoms with van der Waals surface area (Å²) in [7, 11) is 0. The van der Waals surface area contributed by atoms with Gasteiger partial charge in [0.2, 0.25) is 6.29 Å². The molecule has 10 unspecified atom stereocenters. The number of rotatable bonds is 12. The standard InChI is InChI=1S/C38H45NO17/c1-20(40)46-18-26-29(49-21(2)41)32(50-22(3)42)33(51-23(4)43)36(53-26)54-31-28(39-37(45)47-17-24-13-9-7-10-14-24)35(55-34(44)25-15-11-8-12-16-25)52-27-19-48-38(5,6)56-30(27)31/h7-16,26-33,35-36H,17-19H2,1-6H3,(H,39,45). The van der Waals surface area contributed by atoms with Crippen molar-refractivity contribution >= 4 is 35.9 Å². The lowest BCUT2D eigenvalue weighted by molar-refractivity contribution is -0.389. The maximum atomic E-state index is 13.5. The second-order valence-corrected chi connectivity index (χ2v) is 13.5. The Morgan fingerprint density at radius 1 is 0.696 bits per heavy atom. The predicted molar refractivity (Wildman–Crippen MR) is 186 cm³/mol. The van der Waals surface area contributed by atoms with Gasteiger partial charge in [0.05, 0.1) is 12.2 Å². The first-order valence-electron chi connectivity index (χ1n) is 17.8. The van der Waals surface area contributed by atoms with E-state index in [1.165, 1.54) is 12.1 Å². The van der Waals surface area contributed by atoms with Crippen LogP contribution < -0.4 is 5.32 Å². The number of hydrogen-bond acceptors (Lipinski definition) is 17. The first-order valence-corrected chi connectivity index (χ1v) is 17.8. The quantitative estimate of drug-likeness (QED) is 0.241. The second-order valence-electron chi connectivity index (χ2n) is 13.5. The molecule has 3 fully saturated rings. The van der Waals surface area contributed by atoms with Crippen LogP contribution in [-0.4, -0.2) is 116 Å². The second kappa shape index (κ2) is 18.7. The molecule has 304 valence electrons. The summed E-state index contributed by atoms with van der Waals surface area (Å²) in [6, 6.07) is 15.4. The number of carbonyl (C=O) groups excluding carboxylic acids is 6. The Balaban J connectivity index is 1.56. The molecule has 10 atom stereocenters. The SMILES string of the molecule is CC(=O)OCC1OC(OC2C(NC(=O)OCc3ccccc3)C(OC(=O)c3ccccc3)OC3COC(C)(C)OC32)C(OC(C)=O)C(OC(C)=O)C1OC(C)=O. The Hall–Kier alpha value is -5.14. The van der Waals surface area contributed by atoms with Crippen LogP contribution in [0.25, 0.3) is 0 Å². The molecule has 2 aromatic carbocycles. The van der Waals surface area contributed by atoms with Crippen molar-refractivity contribution in [2.24, 2.45) is 0 Å². The third-order valence-corrected chi connectivity index (χ3v) is 8.63. The van der Waals surface area contributed by atoms with E-state index in [0.29, 0.717) is 5.56 Å². The molecule has 56 heavy (non-hydrogen) atoms. The van der Waals surface area contributed by atoms with Crippen molar-refractivity contribution in [1.29, 1.82) is 0 Å². The van der Waals surface area contributed by atoms with Crippen LogP contribution in [0, 0.1) is 0 Å². The van der Waals surface area contributed by atoms with Gasteiger partial charge in [-0.15, -0.1) is 0 Å². The summed E-state index contributed by atoms with van der Waals surface area (Å²) in [6.45, 7) is 6.89. The number of alkyl carbamates (subject to hydrolysis) is 1. The average molecular weight is 788 g/mol. The molecule has 3 aliphatic heterocycles. The predicted octanol–water partition coefficient (Wildman–Crippen LogP) is 2.48. The van der Waals surface area contributed by atoms with E-state index in [1.807, 2.05) is 0 Å². The van der Waals surface area contributed by atoms with E-state index in [2.05, 4.69) is 5.32 Å². The van der Waals surface area contributed by atoms with Crippen LogP contribution in [0.1, 0.15) is 57.5 Å². The van der Waals surface area contributed by atoms with Gasteiger partial charge in [0.15, 0.2) is 30.4 Å². The van der Waals surface area contributed by atoms with Crippen LogP contribution in [0.5, 0.6) is 0 Å². The van der Waals surface area contributed by atoms with E-state index in [9.17, 15) is 28.8 Å². The number of carbonyl (C=O) groups is 6. The Morgan fingerprint density at radius 3 is 1.93 bits per heavy atom. The van der Waals surface area contributed by atoms with Crippen molar-refractivity contribution in [3.63, 3.8) is 0 Å². The lowest BCUT2D eigenvalue weighted by Gasteiger charge is -2.52. The first-order chi connectivity index (χ1) is 26.6. The van der Waals surface area contributed by atoms with E-state index in [0.717, 1.165) is 27.7 Å². The van der Waals surface area contributed by atoms with Gasteiger partial charge < -0.3 is 57.4 Å². The number of esters is 5. The monoisotopic (exact) mass is 787 g/mol. The van der Waals surface area contributed by atoms with Gasteiger partial charge >= 0.3 is 35.9 Å². The molecule has 3 aliphatic rings. The Kier molecular flexibility index (Phi) is 14.0. The fraction of sp³-hybridized carbons (Fsp3) is 0.526. The largest absolute Gasteiger partial charge is 0.463 e. The van der Waals surface area contributed by atoms with Gasteiger partial charge in [-0.05, 0) is 31.5 Å². The maximum Gasteiger partial charge on any atom is 0.408 e. The minimum Gasteiger partial charge on any atom is -0.463 e. The minimum atomic E-state index is -1.72. The van der Waals surface area contributed by atoms with E-state index < -0.39 is 110 Å². The normalized spacial score (nSPS) is 29.3. The van der Waals surface area contributed by atoms with Gasteiger partial charge in [-0.2, -0.15) is 0 Å². The van der Waals surface area contributed by atoms with Crippen LogP contribution in [0.3, 0.4) is 0 Å². The molecule has 3 saturated heterocycles. The van der Waals surface area contributed by atoms with Gasteiger partial charge in [0, 0.05) is 27.7 Å². The summed E-state index contributed by atoms with van der Waals surface area (Å²) in [6.07, 6.45) is -13.8. The molecule has 18 heteroatoms. The lowest BCUT2D eigenvalue weighted by atomic mass is 9.94. The fourth-order valence-electron chi connectivity index (χ4n) is 6.34. The Labute approximate surface area is 322 Å². The highest BCUT2D eigenvalue weighted by molar-refractivity contribution is 5.89. The molecule has 0 aromatic heterocycles. The van der Waals surface area contributed by atoms with Gasteiger partial charge in [0.25, 0.3) is 0 Å². The number of fused-ring (bicyclic) bond motifs is 1. The highest BCUT2D eigenvalue weighted by atomic mass is 16.8. The summed E-state index contributed by atoms with van der Waals surface area (Å²) < 4.78 is 64.5. The van der Waals surface area contributed by atoms with Crippen molar-refractivity contribution in [1.82, 2.24) is 5.32 Å². The molecule has 0 aliphatic carbocycles. The third kappa shape index (κ3) is 11.2. The van der Waals surface area contributed by atoms with Crippen LogP contribution >= 0.6 is 0 Å². The van der Waals surface area contributed by atoms with Crippen molar-refractivity contribution in [3.05, 3.63) is 71.8 Å². The zero-order chi connectivity index (χ0) is 40.6. The number of benzene rings is 2. The summed E-state index contributed by atoms with van der Waals surface area (Å²) in [5.74, 6) is -5.32. The molecule has 3 heterocycles. The molecule has 2 aromatic rings. The minimum absolute atomic E-state index is 0.0966. The smallest absolute Gasteiger partial charge is 0.408 e. The summed E-state index contributed by atoms with van der Waals surface area (Å²) in [4.78, 5) is 76.3. The van der Waals surface area contributed by atoms with Crippen LogP contribution in [-0.2, 0) is 77.9 Å². The van der Waals surface area contributed by atoms with Crippen molar-refractivity contribution in [2.75, 3.05) is 13.2 Å². The zero-order valence-corrected chi connectivity index (χ0v) is 31.6. The third-order valence-electron chi connectivity index (χ3n) is 8.63. The average Bonchev–Trinajstić information content (AvgIpc) is 3.13. The molecule has 1 N–H and O–H groups in total. The molecule has 0 radical (unpaired) electrons. The molecular weight excluding hydrogens is 742 g/mol. The maximum absolute atomic E-state index is 13.5. The van der Waals surface area contributed by atoms with E-state index >= 15 is 0 Å². The molecule has 5 rings (SSSR count). The van der Waals surface area contributed by atoms with E-state index in [1.54, 1.807) is 62.4 Å². The number of nitrogens with one attached hydrogen (secondary N) is 1. The number of hydrogen-bond donors (Lipinski definition) is 1. The van der Waals surface area contributed by atoms with Crippen molar-refractivity contribution < 1.29 is 80.9 Å². The van der Waals surface area contributed by atoms with Crippen LogP contribution in [0.2, 0.25) is 0 Å².